The zero-order valence-corrected chi connectivity index (χ0v) is 12.5. The van der Waals surface area contributed by atoms with Crippen LogP contribution < -0.4 is 5.32 Å². The highest BCUT2D eigenvalue weighted by molar-refractivity contribution is 6.33. The molecule has 18 heavy (non-hydrogen) atoms. The van der Waals surface area contributed by atoms with Crippen molar-refractivity contribution in [3.05, 3.63) is 23.5 Å². The third-order valence-corrected chi connectivity index (χ3v) is 3.99. The van der Waals surface area contributed by atoms with Gasteiger partial charge in [0.05, 0.1) is 10.7 Å². The molecule has 1 fully saturated rings. The highest BCUT2D eigenvalue weighted by atomic mass is 35.5. The van der Waals surface area contributed by atoms with E-state index >= 15 is 0 Å². The normalized spacial score (nSPS) is 22.7. The van der Waals surface area contributed by atoms with Gasteiger partial charge < -0.3 is 5.32 Å². The summed E-state index contributed by atoms with van der Waals surface area (Å²) in [5.41, 5.74) is 1.78. The number of hydrogen-bond donors (Lipinski definition) is 1. The quantitative estimate of drug-likeness (QED) is 0.835. The lowest BCUT2D eigenvalue weighted by Crippen LogP contribution is -2.40. The van der Waals surface area contributed by atoms with Crippen LogP contribution in [-0.4, -0.2) is 11.0 Å². The first-order valence-electron chi connectivity index (χ1n) is 6.64. The Morgan fingerprint density at radius 2 is 1.83 bits per heavy atom. The van der Waals surface area contributed by atoms with E-state index in [1.807, 2.05) is 6.07 Å². The zero-order valence-electron chi connectivity index (χ0n) is 11.8. The Labute approximate surface area is 115 Å². The molecule has 0 bridgehead atoms. The van der Waals surface area contributed by atoms with Crippen molar-refractivity contribution in [1.29, 1.82) is 0 Å². The van der Waals surface area contributed by atoms with E-state index in [2.05, 4.69) is 38.0 Å². The van der Waals surface area contributed by atoms with Gasteiger partial charge in [-0.25, -0.2) is 0 Å². The first-order chi connectivity index (χ1) is 8.27. The van der Waals surface area contributed by atoms with E-state index in [4.69, 9.17) is 11.6 Å². The molecular weight excluding hydrogens is 244 g/mol. The number of anilines is 1. The van der Waals surface area contributed by atoms with Crippen LogP contribution in [-0.2, 0) is 0 Å². The molecular formula is C15H23ClN2. The highest BCUT2D eigenvalue weighted by Gasteiger charge is 2.38. The van der Waals surface area contributed by atoms with E-state index in [0.29, 0.717) is 21.9 Å². The van der Waals surface area contributed by atoms with Crippen LogP contribution in [0, 0.1) is 10.8 Å². The molecule has 1 saturated carbocycles. The maximum atomic E-state index is 6.16. The van der Waals surface area contributed by atoms with E-state index in [0.717, 1.165) is 5.69 Å². The summed E-state index contributed by atoms with van der Waals surface area (Å²) < 4.78 is 0. The average Bonchev–Trinajstić information content (AvgIpc) is 2.16. The van der Waals surface area contributed by atoms with Crippen LogP contribution in [0.4, 0.5) is 5.69 Å². The molecule has 1 aromatic rings. The smallest absolute Gasteiger partial charge is 0.0820 e. The number of rotatable bonds is 2. The van der Waals surface area contributed by atoms with Crippen LogP contribution in [0.15, 0.2) is 18.5 Å². The molecule has 100 valence electrons. The Morgan fingerprint density at radius 1 is 1.22 bits per heavy atom. The molecule has 0 radical (unpaired) electrons. The second-order valence-electron chi connectivity index (χ2n) is 7.11. The summed E-state index contributed by atoms with van der Waals surface area (Å²) in [5.74, 6) is 0. The summed E-state index contributed by atoms with van der Waals surface area (Å²) in [6, 6.07) is 2.44. The van der Waals surface area contributed by atoms with Gasteiger partial charge >= 0.3 is 0 Å². The monoisotopic (exact) mass is 266 g/mol. The second kappa shape index (κ2) is 4.73. The minimum atomic E-state index is 0.388. The lowest BCUT2D eigenvalue weighted by molar-refractivity contribution is 0.105. The molecule has 1 aliphatic carbocycles. The van der Waals surface area contributed by atoms with Gasteiger partial charge in [-0.1, -0.05) is 39.3 Å². The van der Waals surface area contributed by atoms with Gasteiger partial charge in [0.1, 0.15) is 0 Å². The number of hydrogen-bond acceptors (Lipinski definition) is 2. The van der Waals surface area contributed by atoms with Gasteiger partial charge in [-0.05, 0) is 36.2 Å². The topological polar surface area (TPSA) is 24.9 Å². The van der Waals surface area contributed by atoms with E-state index in [-0.39, 0.29) is 0 Å². The fourth-order valence-electron chi connectivity index (χ4n) is 3.66. The number of nitrogens with one attached hydrogen (secondary N) is 1. The van der Waals surface area contributed by atoms with E-state index in [1.165, 1.54) is 19.3 Å². The molecule has 0 saturated heterocycles. The highest BCUT2D eigenvalue weighted by Crippen LogP contribution is 2.46. The van der Waals surface area contributed by atoms with Gasteiger partial charge in [0.2, 0.25) is 0 Å². The summed E-state index contributed by atoms with van der Waals surface area (Å²) >= 11 is 6.16. The van der Waals surface area contributed by atoms with E-state index in [1.54, 1.807) is 12.4 Å². The lowest BCUT2D eigenvalue weighted by Gasteiger charge is -2.45. The second-order valence-corrected chi connectivity index (χ2v) is 7.52. The SMILES string of the molecule is CC1(C)CC(Nc2ccncc2Cl)CC(C)(C)C1. The molecule has 1 aliphatic rings. The molecule has 1 heterocycles. The molecule has 0 atom stereocenters. The molecule has 1 aromatic heterocycles. The van der Waals surface area contributed by atoms with Gasteiger partial charge in [0.25, 0.3) is 0 Å². The number of nitrogens with zero attached hydrogens (tertiary/aromatic N) is 1. The first kappa shape index (κ1) is 13.7. The Bertz CT molecular complexity index is 410. The largest absolute Gasteiger partial charge is 0.381 e. The van der Waals surface area contributed by atoms with Crippen molar-refractivity contribution in [3.63, 3.8) is 0 Å². The summed E-state index contributed by atoms with van der Waals surface area (Å²) in [6.45, 7) is 9.43. The maximum Gasteiger partial charge on any atom is 0.0820 e. The first-order valence-corrected chi connectivity index (χ1v) is 7.01. The number of pyridine rings is 1. The van der Waals surface area contributed by atoms with E-state index in [9.17, 15) is 0 Å². The number of aromatic nitrogens is 1. The Morgan fingerprint density at radius 3 is 2.39 bits per heavy atom. The fourth-order valence-corrected chi connectivity index (χ4v) is 3.83. The predicted molar refractivity (Wildman–Crippen MR) is 78.1 cm³/mol. The van der Waals surface area contributed by atoms with Gasteiger partial charge in [-0.2, -0.15) is 0 Å². The van der Waals surface area contributed by atoms with Crippen molar-refractivity contribution in [2.75, 3.05) is 5.32 Å². The minimum Gasteiger partial charge on any atom is -0.381 e. The van der Waals surface area contributed by atoms with Gasteiger partial charge in [0.15, 0.2) is 0 Å². The van der Waals surface area contributed by atoms with Crippen LogP contribution in [0.3, 0.4) is 0 Å². The molecule has 0 amide bonds. The van der Waals surface area contributed by atoms with Crippen LogP contribution in [0.1, 0.15) is 47.0 Å². The molecule has 2 rings (SSSR count). The molecule has 0 aromatic carbocycles. The van der Waals surface area contributed by atoms with Crippen molar-refractivity contribution in [2.24, 2.45) is 10.8 Å². The summed E-state index contributed by atoms with van der Waals surface area (Å²) in [7, 11) is 0. The molecule has 3 heteroatoms. The summed E-state index contributed by atoms with van der Waals surface area (Å²) in [5, 5.41) is 4.30. The van der Waals surface area contributed by atoms with Gasteiger partial charge in [-0.3, -0.25) is 4.98 Å². The Hall–Kier alpha value is -0.760. The predicted octanol–water partition coefficient (Wildman–Crippen LogP) is 4.75. The maximum absolute atomic E-state index is 6.16. The molecule has 2 nitrogen and oxygen atoms in total. The van der Waals surface area contributed by atoms with Crippen molar-refractivity contribution in [3.8, 4) is 0 Å². The molecule has 0 aliphatic heterocycles. The summed E-state index contributed by atoms with van der Waals surface area (Å²) in [6.07, 6.45) is 7.14. The Kier molecular flexibility index (Phi) is 3.59. The average molecular weight is 267 g/mol. The van der Waals surface area contributed by atoms with Crippen LogP contribution in [0.25, 0.3) is 0 Å². The van der Waals surface area contributed by atoms with E-state index < -0.39 is 0 Å². The van der Waals surface area contributed by atoms with Crippen LogP contribution >= 0.6 is 11.6 Å². The standard InChI is InChI=1S/C15H23ClN2/c1-14(2)7-11(8-15(3,4)10-14)18-13-5-6-17-9-12(13)16/h5-6,9,11H,7-8,10H2,1-4H3,(H,17,18). The van der Waals surface area contributed by atoms with Crippen molar-refractivity contribution in [1.82, 2.24) is 4.98 Å². The van der Waals surface area contributed by atoms with Crippen molar-refractivity contribution in [2.45, 2.75) is 53.0 Å². The fraction of sp³-hybridized carbons (Fsp3) is 0.667. The Balaban J connectivity index is 2.12. The summed E-state index contributed by atoms with van der Waals surface area (Å²) in [4.78, 5) is 4.02. The molecule has 0 spiro atoms. The van der Waals surface area contributed by atoms with Crippen molar-refractivity contribution < 1.29 is 0 Å². The van der Waals surface area contributed by atoms with Gasteiger partial charge in [-0.15, -0.1) is 0 Å². The minimum absolute atomic E-state index is 0.388. The van der Waals surface area contributed by atoms with Crippen LogP contribution in [0.5, 0.6) is 0 Å². The third-order valence-electron chi connectivity index (χ3n) is 3.69. The van der Waals surface area contributed by atoms with Crippen molar-refractivity contribution >= 4 is 17.3 Å². The molecule has 1 N–H and O–H groups in total. The third kappa shape index (κ3) is 3.38. The van der Waals surface area contributed by atoms with Gasteiger partial charge in [0, 0.05) is 18.4 Å². The number of halogens is 1. The lowest BCUT2D eigenvalue weighted by atomic mass is 9.63. The zero-order chi connectivity index (χ0) is 13.4. The van der Waals surface area contributed by atoms with Crippen LogP contribution in [0.2, 0.25) is 5.02 Å². The molecule has 0 unspecified atom stereocenters.